The Morgan fingerprint density at radius 1 is 1.44 bits per heavy atom. The Morgan fingerprint density at radius 2 is 2.11 bits per heavy atom. The second-order valence-electron chi connectivity index (χ2n) is 6.40. The minimum Gasteiger partial charge on any atom is -0.327 e. The lowest BCUT2D eigenvalue weighted by atomic mass is 9.98. The van der Waals surface area contributed by atoms with Crippen molar-refractivity contribution >= 4 is 5.91 Å². The molecule has 0 aromatic rings. The minimum absolute atomic E-state index is 0.183. The van der Waals surface area contributed by atoms with E-state index in [1.54, 1.807) is 0 Å². The summed E-state index contributed by atoms with van der Waals surface area (Å²) < 4.78 is 0. The average molecular weight is 251 g/mol. The molecule has 102 valence electrons. The predicted octanol–water partition coefficient (Wildman–Crippen LogP) is 1.17. The fraction of sp³-hybridized carbons (Fsp3) is 0.929. The first-order valence-corrected chi connectivity index (χ1v) is 7.39. The largest absolute Gasteiger partial charge is 0.327 e. The normalized spacial score (nSPS) is 28.6. The van der Waals surface area contributed by atoms with Gasteiger partial charge in [0.2, 0.25) is 5.91 Å². The zero-order valence-electron chi connectivity index (χ0n) is 11.6. The molecule has 3 fully saturated rings. The molecule has 2 aliphatic carbocycles. The van der Waals surface area contributed by atoms with E-state index in [1.165, 1.54) is 25.7 Å². The number of amides is 1. The van der Waals surface area contributed by atoms with E-state index in [-0.39, 0.29) is 5.54 Å². The van der Waals surface area contributed by atoms with Gasteiger partial charge in [-0.1, -0.05) is 12.8 Å². The van der Waals surface area contributed by atoms with Crippen molar-refractivity contribution in [2.45, 2.75) is 63.1 Å². The third-order valence-corrected chi connectivity index (χ3v) is 5.06. The lowest BCUT2D eigenvalue weighted by molar-refractivity contribution is -0.132. The first kappa shape index (κ1) is 12.4. The molecule has 3 aliphatic rings. The molecule has 1 atom stereocenters. The molecule has 1 amide bonds. The fourth-order valence-corrected chi connectivity index (χ4v) is 3.50. The van der Waals surface area contributed by atoms with E-state index in [4.69, 9.17) is 0 Å². The van der Waals surface area contributed by atoms with Crippen molar-refractivity contribution in [3.8, 4) is 0 Å². The summed E-state index contributed by atoms with van der Waals surface area (Å²) in [6.45, 7) is 3.87. The van der Waals surface area contributed by atoms with Crippen LogP contribution >= 0.6 is 0 Å². The van der Waals surface area contributed by atoms with Gasteiger partial charge in [0.05, 0.1) is 12.2 Å². The Bertz CT molecular complexity index is 334. The number of nitrogens with one attached hydrogen (secondary N) is 1. The maximum absolute atomic E-state index is 12.5. The third kappa shape index (κ3) is 2.05. The van der Waals surface area contributed by atoms with Crippen LogP contribution in [0.3, 0.4) is 0 Å². The Morgan fingerprint density at radius 3 is 2.72 bits per heavy atom. The molecule has 1 heterocycles. The Labute approximate surface area is 110 Å². The zero-order chi connectivity index (χ0) is 12.8. The number of carbonyl (C=O) groups is 1. The van der Waals surface area contributed by atoms with Crippen LogP contribution < -0.4 is 5.32 Å². The summed E-state index contributed by atoms with van der Waals surface area (Å²) in [4.78, 5) is 17.0. The Balaban J connectivity index is 1.58. The molecule has 0 radical (unpaired) electrons. The molecule has 4 nitrogen and oxygen atoms in total. The number of nitrogens with zero attached hydrogens (tertiary/aromatic N) is 2. The monoisotopic (exact) mass is 251 g/mol. The summed E-state index contributed by atoms with van der Waals surface area (Å²) in [7, 11) is 2.20. The summed E-state index contributed by atoms with van der Waals surface area (Å²) in [5.41, 5.74) is -0.183. The predicted molar refractivity (Wildman–Crippen MR) is 71.2 cm³/mol. The van der Waals surface area contributed by atoms with Crippen molar-refractivity contribution in [1.29, 1.82) is 0 Å². The molecule has 1 saturated heterocycles. The van der Waals surface area contributed by atoms with Crippen LogP contribution in [0.25, 0.3) is 0 Å². The van der Waals surface area contributed by atoms with E-state index in [0.29, 0.717) is 11.9 Å². The molecule has 18 heavy (non-hydrogen) atoms. The van der Waals surface area contributed by atoms with Gasteiger partial charge in [0, 0.05) is 18.6 Å². The van der Waals surface area contributed by atoms with E-state index >= 15 is 0 Å². The quantitative estimate of drug-likeness (QED) is 0.815. The minimum atomic E-state index is -0.183. The van der Waals surface area contributed by atoms with Crippen LogP contribution in [0.4, 0.5) is 0 Å². The van der Waals surface area contributed by atoms with Crippen LogP contribution in [-0.2, 0) is 4.79 Å². The number of likely N-dealkylation sites (N-methyl/N-ethyl adjacent to an activating group) is 1. The molecule has 1 spiro atoms. The summed E-state index contributed by atoms with van der Waals surface area (Å²) >= 11 is 0. The number of hydrogen-bond donors (Lipinski definition) is 1. The summed E-state index contributed by atoms with van der Waals surface area (Å²) in [5.74, 6) is 0.357. The lowest BCUT2D eigenvalue weighted by Gasteiger charge is -2.29. The number of hydrogen-bond acceptors (Lipinski definition) is 3. The Kier molecular flexibility index (Phi) is 3.10. The molecule has 0 aromatic carbocycles. The molecular formula is C14H25N3O. The molecule has 4 heteroatoms. The van der Waals surface area contributed by atoms with Crippen molar-refractivity contribution < 1.29 is 4.79 Å². The zero-order valence-corrected chi connectivity index (χ0v) is 11.6. The van der Waals surface area contributed by atoms with Gasteiger partial charge in [0.25, 0.3) is 0 Å². The van der Waals surface area contributed by atoms with Crippen LogP contribution in [0.5, 0.6) is 0 Å². The highest BCUT2D eigenvalue weighted by molar-refractivity contribution is 5.88. The van der Waals surface area contributed by atoms with Crippen molar-refractivity contribution in [1.82, 2.24) is 15.1 Å². The molecule has 2 saturated carbocycles. The van der Waals surface area contributed by atoms with Crippen molar-refractivity contribution in [3.05, 3.63) is 0 Å². The Hall–Kier alpha value is -0.610. The fourth-order valence-electron chi connectivity index (χ4n) is 3.50. The highest BCUT2D eigenvalue weighted by Crippen LogP contribution is 2.34. The molecule has 1 N–H and O–H groups in total. The SMILES string of the molecule is CC(CN1CNC2(CCCC2)C1=O)N(C)C1CC1. The molecule has 0 bridgehead atoms. The van der Waals surface area contributed by atoms with Crippen LogP contribution in [0.1, 0.15) is 45.4 Å². The van der Waals surface area contributed by atoms with Crippen molar-refractivity contribution in [2.75, 3.05) is 20.3 Å². The van der Waals surface area contributed by atoms with Gasteiger partial charge in [-0.3, -0.25) is 15.0 Å². The molecule has 0 aromatic heterocycles. The van der Waals surface area contributed by atoms with Gasteiger partial charge in [-0.05, 0) is 39.7 Å². The molecule has 1 aliphatic heterocycles. The van der Waals surface area contributed by atoms with Crippen LogP contribution in [0.2, 0.25) is 0 Å². The van der Waals surface area contributed by atoms with Gasteiger partial charge in [-0.25, -0.2) is 0 Å². The second-order valence-corrected chi connectivity index (χ2v) is 6.40. The standard InChI is InChI=1S/C14H25N3O/c1-11(16(2)12-5-6-12)9-17-10-15-14(13(17)18)7-3-4-8-14/h11-12,15H,3-10H2,1-2H3. The summed E-state index contributed by atoms with van der Waals surface area (Å²) in [6, 6.07) is 1.24. The lowest BCUT2D eigenvalue weighted by Crippen LogP contribution is -2.46. The van der Waals surface area contributed by atoms with E-state index in [2.05, 4.69) is 24.2 Å². The van der Waals surface area contributed by atoms with Crippen LogP contribution in [0, 0.1) is 0 Å². The van der Waals surface area contributed by atoms with Crippen molar-refractivity contribution in [3.63, 3.8) is 0 Å². The van der Waals surface area contributed by atoms with Gasteiger partial charge in [0.1, 0.15) is 0 Å². The average Bonchev–Trinajstić information content (AvgIpc) is 3.05. The van der Waals surface area contributed by atoms with E-state index in [9.17, 15) is 4.79 Å². The maximum Gasteiger partial charge on any atom is 0.244 e. The smallest absolute Gasteiger partial charge is 0.244 e. The number of rotatable bonds is 4. The van der Waals surface area contributed by atoms with Gasteiger partial charge in [-0.15, -0.1) is 0 Å². The van der Waals surface area contributed by atoms with Gasteiger partial charge in [0.15, 0.2) is 0 Å². The summed E-state index contributed by atoms with van der Waals surface area (Å²) in [5, 5.41) is 3.48. The first-order valence-electron chi connectivity index (χ1n) is 7.39. The van der Waals surface area contributed by atoms with Gasteiger partial charge < -0.3 is 4.90 Å². The molecule has 3 rings (SSSR count). The highest BCUT2D eigenvalue weighted by atomic mass is 16.2. The van der Waals surface area contributed by atoms with Crippen LogP contribution in [0.15, 0.2) is 0 Å². The highest BCUT2D eigenvalue weighted by Gasteiger charge is 2.48. The third-order valence-electron chi connectivity index (χ3n) is 5.06. The second kappa shape index (κ2) is 4.49. The topological polar surface area (TPSA) is 35.6 Å². The van der Waals surface area contributed by atoms with E-state index < -0.39 is 0 Å². The molecular weight excluding hydrogens is 226 g/mol. The van der Waals surface area contributed by atoms with E-state index in [0.717, 1.165) is 32.1 Å². The summed E-state index contributed by atoms with van der Waals surface area (Å²) in [6.07, 6.45) is 7.13. The molecule has 1 unspecified atom stereocenters. The van der Waals surface area contributed by atoms with Crippen LogP contribution in [-0.4, -0.2) is 53.6 Å². The first-order chi connectivity index (χ1) is 8.62. The number of carbonyl (C=O) groups excluding carboxylic acids is 1. The van der Waals surface area contributed by atoms with Gasteiger partial charge >= 0.3 is 0 Å². The maximum atomic E-state index is 12.5. The van der Waals surface area contributed by atoms with Gasteiger partial charge in [-0.2, -0.15) is 0 Å². The van der Waals surface area contributed by atoms with Crippen molar-refractivity contribution in [2.24, 2.45) is 0 Å². The van der Waals surface area contributed by atoms with E-state index in [1.807, 2.05) is 4.90 Å².